The van der Waals surface area contributed by atoms with Crippen LogP contribution in [0.5, 0.6) is 0 Å². The Hall–Kier alpha value is -2.16. The molecule has 0 aromatic heterocycles. The first kappa shape index (κ1) is 27.9. The smallest absolute Gasteiger partial charge is 0.326 e. The number of nitrogens with one attached hydrogen (secondary N) is 2. The number of amides is 3. The zero-order chi connectivity index (χ0) is 24.6. The van der Waals surface area contributed by atoms with Crippen molar-refractivity contribution >= 4 is 23.7 Å². The highest BCUT2D eigenvalue weighted by molar-refractivity contribution is 5.94. The van der Waals surface area contributed by atoms with Crippen LogP contribution in [0.25, 0.3) is 0 Å². The molecule has 1 saturated heterocycles. The molecular formula is C23H42N4O5. The number of carbonyl (C=O) groups excluding carboxylic acids is 3. The van der Waals surface area contributed by atoms with Crippen LogP contribution in [-0.4, -0.2) is 64.4 Å². The Morgan fingerprint density at radius 3 is 1.94 bits per heavy atom. The predicted molar refractivity (Wildman–Crippen MR) is 123 cm³/mol. The number of rotatable bonds is 12. The van der Waals surface area contributed by atoms with Crippen LogP contribution in [-0.2, 0) is 19.2 Å². The zero-order valence-electron chi connectivity index (χ0n) is 20.4. The Morgan fingerprint density at radius 1 is 0.906 bits per heavy atom. The van der Waals surface area contributed by atoms with Crippen molar-refractivity contribution in [3.05, 3.63) is 0 Å². The lowest BCUT2D eigenvalue weighted by Crippen LogP contribution is -2.57. The molecule has 4 atom stereocenters. The van der Waals surface area contributed by atoms with Crippen molar-refractivity contribution in [2.45, 2.75) is 97.8 Å². The van der Waals surface area contributed by atoms with Gasteiger partial charge in [0.05, 0.1) is 6.04 Å². The van der Waals surface area contributed by atoms with Crippen LogP contribution < -0.4 is 16.4 Å². The third kappa shape index (κ3) is 8.76. The van der Waals surface area contributed by atoms with E-state index in [9.17, 15) is 24.3 Å². The molecule has 9 nitrogen and oxygen atoms in total. The minimum atomic E-state index is -1.09. The monoisotopic (exact) mass is 454 g/mol. The first-order valence-electron chi connectivity index (χ1n) is 11.7. The lowest BCUT2D eigenvalue weighted by Gasteiger charge is -2.31. The number of likely N-dealkylation sites (tertiary alicyclic amines) is 1. The maximum absolute atomic E-state index is 13.3. The van der Waals surface area contributed by atoms with Crippen LogP contribution in [0.2, 0.25) is 0 Å². The highest BCUT2D eigenvalue weighted by Crippen LogP contribution is 2.21. The van der Waals surface area contributed by atoms with Crippen LogP contribution in [0.1, 0.15) is 73.6 Å². The molecule has 3 amide bonds. The number of carboxylic acids is 1. The van der Waals surface area contributed by atoms with E-state index in [4.69, 9.17) is 5.73 Å². The van der Waals surface area contributed by atoms with Gasteiger partial charge in [0.2, 0.25) is 17.7 Å². The van der Waals surface area contributed by atoms with E-state index in [1.165, 1.54) is 4.90 Å². The number of carboxylic acid groups (broad SMARTS) is 1. The fourth-order valence-corrected chi connectivity index (χ4v) is 4.05. The Bertz CT molecular complexity index is 665. The second-order valence-corrected chi connectivity index (χ2v) is 10.1. The number of nitrogens with zero attached hydrogens (tertiary/aromatic N) is 1. The van der Waals surface area contributed by atoms with Gasteiger partial charge < -0.3 is 26.4 Å². The Labute approximate surface area is 191 Å². The van der Waals surface area contributed by atoms with E-state index in [1.807, 2.05) is 41.5 Å². The summed E-state index contributed by atoms with van der Waals surface area (Å²) < 4.78 is 0. The van der Waals surface area contributed by atoms with Crippen molar-refractivity contribution in [1.29, 1.82) is 0 Å². The summed E-state index contributed by atoms with van der Waals surface area (Å²) in [5, 5.41) is 14.8. The Balaban J connectivity index is 2.94. The third-order valence-electron chi connectivity index (χ3n) is 5.54. The van der Waals surface area contributed by atoms with E-state index in [-0.39, 0.29) is 29.6 Å². The van der Waals surface area contributed by atoms with Crippen molar-refractivity contribution in [2.24, 2.45) is 23.5 Å². The second kappa shape index (κ2) is 12.8. The summed E-state index contributed by atoms with van der Waals surface area (Å²) in [5.41, 5.74) is 5.99. The van der Waals surface area contributed by atoms with E-state index in [2.05, 4.69) is 10.6 Å². The summed E-state index contributed by atoms with van der Waals surface area (Å²) in [7, 11) is 0. The highest BCUT2D eigenvalue weighted by atomic mass is 16.4. The first-order valence-corrected chi connectivity index (χ1v) is 11.7. The molecule has 32 heavy (non-hydrogen) atoms. The molecule has 5 N–H and O–H groups in total. The summed E-state index contributed by atoms with van der Waals surface area (Å²) in [5.74, 6) is -1.77. The van der Waals surface area contributed by atoms with Crippen LogP contribution >= 0.6 is 0 Å². The van der Waals surface area contributed by atoms with Gasteiger partial charge in [-0.1, -0.05) is 41.5 Å². The van der Waals surface area contributed by atoms with Gasteiger partial charge in [0.15, 0.2) is 0 Å². The Morgan fingerprint density at radius 2 is 1.44 bits per heavy atom. The van der Waals surface area contributed by atoms with E-state index in [1.54, 1.807) is 0 Å². The van der Waals surface area contributed by atoms with Gasteiger partial charge in [0.25, 0.3) is 0 Å². The van der Waals surface area contributed by atoms with E-state index >= 15 is 0 Å². The topological polar surface area (TPSA) is 142 Å². The fourth-order valence-electron chi connectivity index (χ4n) is 4.05. The number of carbonyl (C=O) groups is 4. The Kier molecular flexibility index (Phi) is 11.1. The molecule has 9 heteroatoms. The molecule has 1 rings (SSSR count). The molecule has 0 radical (unpaired) electrons. The quantitative estimate of drug-likeness (QED) is 0.352. The summed E-state index contributed by atoms with van der Waals surface area (Å²) in [6.45, 7) is 12.0. The SMILES string of the molecule is CC(C)CC(N)C(=O)NC(CC(C)C)C(=O)N1CCCC1C(=O)NC(CC(C)C)C(=O)O. The normalized spacial score (nSPS) is 19.2. The third-order valence-corrected chi connectivity index (χ3v) is 5.54. The number of hydrogen-bond donors (Lipinski definition) is 4. The average Bonchev–Trinajstić information content (AvgIpc) is 3.14. The van der Waals surface area contributed by atoms with Gasteiger partial charge in [-0.05, 0) is 49.9 Å². The molecule has 184 valence electrons. The number of hydrogen-bond acceptors (Lipinski definition) is 5. The summed E-state index contributed by atoms with van der Waals surface area (Å²) in [6, 6.07) is -3.23. The molecule has 1 heterocycles. The van der Waals surface area contributed by atoms with Crippen LogP contribution in [0.15, 0.2) is 0 Å². The molecule has 0 aliphatic carbocycles. The van der Waals surface area contributed by atoms with Gasteiger partial charge >= 0.3 is 5.97 Å². The van der Waals surface area contributed by atoms with Crippen molar-refractivity contribution in [3.63, 3.8) is 0 Å². The van der Waals surface area contributed by atoms with Crippen molar-refractivity contribution in [1.82, 2.24) is 15.5 Å². The van der Waals surface area contributed by atoms with Gasteiger partial charge in [0.1, 0.15) is 18.1 Å². The zero-order valence-corrected chi connectivity index (χ0v) is 20.4. The first-order chi connectivity index (χ1) is 14.8. The van der Waals surface area contributed by atoms with E-state index < -0.39 is 36.0 Å². The second-order valence-electron chi connectivity index (χ2n) is 10.1. The summed E-state index contributed by atoms with van der Waals surface area (Å²) >= 11 is 0. The van der Waals surface area contributed by atoms with Gasteiger partial charge in [-0.2, -0.15) is 0 Å². The summed E-state index contributed by atoms with van der Waals surface area (Å²) in [6.07, 6.45) is 2.34. The van der Waals surface area contributed by atoms with Crippen LogP contribution in [0.4, 0.5) is 0 Å². The molecule has 4 unspecified atom stereocenters. The number of nitrogens with two attached hydrogens (primary N) is 1. The van der Waals surface area contributed by atoms with Gasteiger partial charge in [-0.3, -0.25) is 14.4 Å². The van der Waals surface area contributed by atoms with Crippen LogP contribution in [0.3, 0.4) is 0 Å². The largest absolute Gasteiger partial charge is 0.480 e. The molecular weight excluding hydrogens is 412 g/mol. The molecule has 1 aliphatic rings. The molecule has 0 spiro atoms. The van der Waals surface area contributed by atoms with E-state index in [0.29, 0.717) is 38.6 Å². The molecule has 1 fully saturated rings. The standard InChI is InChI=1S/C23H42N4O5/c1-13(2)10-16(24)20(28)25-17(11-14(3)4)22(30)27-9-7-8-19(27)21(29)26-18(23(31)32)12-15(5)6/h13-19H,7-12,24H2,1-6H3,(H,25,28)(H,26,29)(H,31,32). The highest BCUT2D eigenvalue weighted by Gasteiger charge is 2.39. The average molecular weight is 455 g/mol. The molecule has 1 aliphatic heterocycles. The summed E-state index contributed by atoms with van der Waals surface area (Å²) in [4.78, 5) is 51.8. The maximum atomic E-state index is 13.3. The van der Waals surface area contributed by atoms with Crippen molar-refractivity contribution in [2.75, 3.05) is 6.54 Å². The minimum absolute atomic E-state index is 0.0957. The molecule has 0 aromatic carbocycles. The predicted octanol–water partition coefficient (Wildman–Crippen LogP) is 1.50. The molecule has 0 saturated carbocycles. The van der Waals surface area contributed by atoms with Crippen LogP contribution in [0, 0.1) is 17.8 Å². The number of aliphatic carboxylic acids is 1. The lowest BCUT2D eigenvalue weighted by molar-refractivity contribution is -0.145. The minimum Gasteiger partial charge on any atom is -0.480 e. The fraction of sp³-hybridized carbons (Fsp3) is 0.826. The molecule has 0 aromatic rings. The van der Waals surface area contributed by atoms with E-state index in [0.717, 1.165) is 0 Å². The van der Waals surface area contributed by atoms with Crippen molar-refractivity contribution < 1.29 is 24.3 Å². The lowest BCUT2D eigenvalue weighted by atomic mass is 10.00. The van der Waals surface area contributed by atoms with Gasteiger partial charge in [-0.25, -0.2) is 4.79 Å². The van der Waals surface area contributed by atoms with Gasteiger partial charge in [0, 0.05) is 6.54 Å². The van der Waals surface area contributed by atoms with Crippen molar-refractivity contribution in [3.8, 4) is 0 Å². The maximum Gasteiger partial charge on any atom is 0.326 e. The molecule has 0 bridgehead atoms. The van der Waals surface area contributed by atoms with Gasteiger partial charge in [-0.15, -0.1) is 0 Å².